The van der Waals surface area contributed by atoms with Crippen LogP contribution in [-0.4, -0.2) is 46.6 Å². The van der Waals surface area contributed by atoms with Crippen molar-refractivity contribution in [3.8, 4) is 0 Å². The summed E-state index contributed by atoms with van der Waals surface area (Å²) in [5, 5.41) is 0. The van der Waals surface area contributed by atoms with Crippen molar-refractivity contribution in [2.45, 2.75) is 32.7 Å². The molecule has 4 nitrogen and oxygen atoms in total. The van der Waals surface area contributed by atoms with Gasteiger partial charge in [0.1, 0.15) is 11.3 Å². The number of anilines is 1. The number of imidazole rings is 1. The molecule has 1 aliphatic heterocycles. The second kappa shape index (κ2) is 5.76. The molecule has 4 heteroatoms. The summed E-state index contributed by atoms with van der Waals surface area (Å²) in [4.78, 5) is 13.2. The van der Waals surface area contributed by atoms with E-state index in [9.17, 15) is 0 Å². The Balaban J connectivity index is 1.83. The molecule has 0 bridgehead atoms. The number of aromatic nitrogens is 2. The number of fused-ring (bicyclic) bond motifs is 1. The van der Waals surface area contributed by atoms with Crippen LogP contribution in [0.15, 0.2) is 30.9 Å². The number of H-pyrrole nitrogens is 1. The molecule has 2 aromatic rings. The van der Waals surface area contributed by atoms with Crippen molar-refractivity contribution in [2.24, 2.45) is 0 Å². The van der Waals surface area contributed by atoms with Gasteiger partial charge in [-0.25, -0.2) is 4.98 Å². The average Bonchev–Trinajstić information content (AvgIpc) is 2.89. The quantitative estimate of drug-likeness (QED) is 0.884. The molecular weight excluding hydrogens is 272 g/mol. The molecule has 22 heavy (non-hydrogen) atoms. The van der Waals surface area contributed by atoms with Crippen LogP contribution in [0.4, 0.5) is 5.69 Å². The highest BCUT2D eigenvalue weighted by molar-refractivity contribution is 5.89. The number of hydrogen-bond acceptors (Lipinski definition) is 3. The number of piperazine rings is 1. The third-order valence-corrected chi connectivity index (χ3v) is 4.45. The van der Waals surface area contributed by atoms with Crippen molar-refractivity contribution in [3.05, 3.63) is 36.7 Å². The molecule has 0 spiro atoms. The molecule has 1 aromatic heterocycles. The Morgan fingerprint density at radius 1 is 1.23 bits per heavy atom. The lowest BCUT2D eigenvalue weighted by Crippen LogP contribution is -2.53. The number of nitrogens with one attached hydrogen (secondary N) is 1. The number of benzene rings is 1. The van der Waals surface area contributed by atoms with E-state index in [0.29, 0.717) is 0 Å². The summed E-state index contributed by atoms with van der Waals surface area (Å²) in [6, 6.07) is 6.40. The summed E-state index contributed by atoms with van der Waals surface area (Å²) >= 11 is 0. The van der Waals surface area contributed by atoms with Crippen molar-refractivity contribution in [3.63, 3.8) is 0 Å². The highest BCUT2D eigenvalue weighted by Crippen LogP contribution is 2.27. The van der Waals surface area contributed by atoms with Gasteiger partial charge in [-0.15, -0.1) is 6.58 Å². The van der Waals surface area contributed by atoms with Gasteiger partial charge < -0.3 is 9.88 Å². The van der Waals surface area contributed by atoms with Crippen LogP contribution in [0.2, 0.25) is 0 Å². The Morgan fingerprint density at radius 2 is 1.95 bits per heavy atom. The second-order valence-electron chi connectivity index (χ2n) is 6.99. The van der Waals surface area contributed by atoms with Gasteiger partial charge in [0.25, 0.3) is 0 Å². The average molecular weight is 298 g/mol. The summed E-state index contributed by atoms with van der Waals surface area (Å²) < 4.78 is 0. The first-order chi connectivity index (χ1) is 10.5. The predicted molar refractivity (Wildman–Crippen MR) is 93.5 cm³/mol. The molecule has 0 radical (unpaired) electrons. The van der Waals surface area contributed by atoms with E-state index in [-0.39, 0.29) is 5.54 Å². The highest BCUT2D eigenvalue weighted by atomic mass is 15.3. The van der Waals surface area contributed by atoms with Gasteiger partial charge in [-0.2, -0.15) is 0 Å². The molecule has 1 N–H and O–H groups in total. The zero-order chi connectivity index (χ0) is 15.7. The number of aromatic amines is 1. The van der Waals surface area contributed by atoms with Crippen LogP contribution < -0.4 is 4.90 Å². The zero-order valence-electron chi connectivity index (χ0n) is 13.9. The van der Waals surface area contributed by atoms with Crippen molar-refractivity contribution in [1.82, 2.24) is 14.9 Å². The maximum Gasteiger partial charge on any atom is 0.112 e. The first-order valence-corrected chi connectivity index (χ1v) is 8.07. The summed E-state index contributed by atoms with van der Waals surface area (Å²) in [5.74, 6) is 0.991. The lowest BCUT2D eigenvalue weighted by atomic mass is 10.0. The monoisotopic (exact) mass is 298 g/mol. The molecule has 1 fully saturated rings. The van der Waals surface area contributed by atoms with E-state index in [1.54, 1.807) is 0 Å². The predicted octanol–water partition coefficient (Wildman–Crippen LogP) is 3.21. The third-order valence-electron chi connectivity index (χ3n) is 4.45. The standard InChI is InChI=1S/C18H26N4/c1-5-7-16-19-14-8-6-9-15(17(14)20-16)21-10-12-22(13-11-21)18(2,3)4/h5-6,8-9H,1,7,10-13H2,2-4H3,(H,19,20). The van der Waals surface area contributed by atoms with Crippen molar-refractivity contribution in [2.75, 3.05) is 31.1 Å². The van der Waals surface area contributed by atoms with Crippen molar-refractivity contribution in [1.29, 1.82) is 0 Å². The molecule has 2 heterocycles. The molecule has 0 amide bonds. The van der Waals surface area contributed by atoms with Gasteiger partial charge in [0, 0.05) is 38.1 Å². The number of para-hydroxylation sites is 1. The van der Waals surface area contributed by atoms with Gasteiger partial charge in [-0.3, -0.25) is 4.90 Å². The number of nitrogens with zero attached hydrogens (tertiary/aromatic N) is 3. The third kappa shape index (κ3) is 2.88. The first-order valence-electron chi connectivity index (χ1n) is 8.07. The van der Waals surface area contributed by atoms with Crippen molar-refractivity contribution >= 4 is 16.7 Å². The molecule has 0 atom stereocenters. The van der Waals surface area contributed by atoms with E-state index >= 15 is 0 Å². The molecule has 0 aliphatic carbocycles. The Bertz CT molecular complexity index is 657. The fraction of sp³-hybridized carbons (Fsp3) is 0.500. The maximum atomic E-state index is 4.76. The number of allylic oxidation sites excluding steroid dienone is 1. The fourth-order valence-corrected chi connectivity index (χ4v) is 3.17. The molecule has 3 rings (SSSR count). The van der Waals surface area contributed by atoms with Crippen LogP contribution >= 0.6 is 0 Å². The summed E-state index contributed by atoms with van der Waals surface area (Å²) in [7, 11) is 0. The Kier molecular flexibility index (Phi) is 3.96. The topological polar surface area (TPSA) is 35.2 Å². The van der Waals surface area contributed by atoms with Crippen LogP contribution in [0, 0.1) is 0 Å². The van der Waals surface area contributed by atoms with E-state index in [0.717, 1.165) is 49.5 Å². The van der Waals surface area contributed by atoms with E-state index in [1.165, 1.54) is 5.69 Å². The molecule has 0 unspecified atom stereocenters. The van der Waals surface area contributed by atoms with Crippen LogP contribution in [0.5, 0.6) is 0 Å². The summed E-state index contributed by atoms with van der Waals surface area (Å²) in [5.41, 5.74) is 3.70. The fourth-order valence-electron chi connectivity index (χ4n) is 3.17. The van der Waals surface area contributed by atoms with E-state index in [1.807, 2.05) is 6.08 Å². The second-order valence-corrected chi connectivity index (χ2v) is 6.99. The Hall–Kier alpha value is -1.81. The minimum Gasteiger partial charge on any atom is -0.367 e. The van der Waals surface area contributed by atoms with E-state index < -0.39 is 0 Å². The molecule has 0 saturated carbocycles. The van der Waals surface area contributed by atoms with E-state index in [2.05, 4.69) is 60.3 Å². The minimum atomic E-state index is 0.252. The lowest BCUT2D eigenvalue weighted by molar-refractivity contribution is 0.128. The molecule has 1 aromatic carbocycles. The van der Waals surface area contributed by atoms with Gasteiger partial charge >= 0.3 is 0 Å². The zero-order valence-corrected chi connectivity index (χ0v) is 13.9. The molecule has 1 saturated heterocycles. The van der Waals surface area contributed by atoms with E-state index in [4.69, 9.17) is 4.98 Å². The number of hydrogen-bond donors (Lipinski definition) is 1. The van der Waals surface area contributed by atoms with Crippen LogP contribution in [0.3, 0.4) is 0 Å². The first kappa shape index (κ1) is 15.1. The van der Waals surface area contributed by atoms with Crippen LogP contribution in [0.25, 0.3) is 11.0 Å². The van der Waals surface area contributed by atoms with Gasteiger partial charge in [0.15, 0.2) is 0 Å². The molecule has 118 valence electrons. The van der Waals surface area contributed by atoms with Gasteiger partial charge in [0.2, 0.25) is 0 Å². The smallest absolute Gasteiger partial charge is 0.112 e. The van der Waals surface area contributed by atoms with Crippen LogP contribution in [0.1, 0.15) is 26.6 Å². The van der Waals surface area contributed by atoms with Crippen molar-refractivity contribution < 1.29 is 0 Å². The van der Waals surface area contributed by atoms with Crippen LogP contribution in [-0.2, 0) is 6.42 Å². The van der Waals surface area contributed by atoms with Gasteiger partial charge in [0.05, 0.1) is 11.2 Å². The highest BCUT2D eigenvalue weighted by Gasteiger charge is 2.26. The minimum absolute atomic E-state index is 0.252. The van der Waals surface area contributed by atoms with Gasteiger partial charge in [-0.05, 0) is 32.9 Å². The largest absolute Gasteiger partial charge is 0.367 e. The Labute approximate surface area is 132 Å². The number of rotatable bonds is 3. The van der Waals surface area contributed by atoms with Gasteiger partial charge in [-0.1, -0.05) is 12.1 Å². The molecular formula is C18H26N4. The summed E-state index contributed by atoms with van der Waals surface area (Å²) in [6.45, 7) is 15.0. The Morgan fingerprint density at radius 3 is 2.59 bits per heavy atom. The lowest BCUT2D eigenvalue weighted by Gasteiger charge is -2.43. The molecule has 1 aliphatic rings. The SMILES string of the molecule is C=CCc1nc2c(N3CCN(C(C)(C)C)CC3)cccc2[nH]1. The summed E-state index contributed by atoms with van der Waals surface area (Å²) in [6.07, 6.45) is 2.67. The normalized spacial score (nSPS) is 17.1. The maximum absolute atomic E-state index is 4.76.